The largest absolute Gasteiger partial charge is 0.295 e. The number of nitrogens with zero attached hydrogens (tertiary/aromatic N) is 3. The van der Waals surface area contributed by atoms with E-state index in [2.05, 4.69) is 14.7 Å². The summed E-state index contributed by atoms with van der Waals surface area (Å²) < 4.78 is 5.11. The molecule has 0 fully saturated rings. The number of aromatic amines is 1. The SMILES string of the molecule is Cc1nnsc1C(=O)c1c(C)[nH]n(-c2ccccc2)c1=O. The molecule has 0 unspecified atom stereocenters. The first kappa shape index (κ1) is 13.4. The van der Waals surface area contributed by atoms with E-state index in [1.165, 1.54) is 4.68 Å². The van der Waals surface area contributed by atoms with Crippen molar-refractivity contribution in [3.63, 3.8) is 0 Å². The smallest absolute Gasteiger partial charge is 0.282 e. The van der Waals surface area contributed by atoms with Gasteiger partial charge in [-0.05, 0) is 37.5 Å². The summed E-state index contributed by atoms with van der Waals surface area (Å²) in [6.45, 7) is 3.41. The molecule has 21 heavy (non-hydrogen) atoms. The van der Waals surface area contributed by atoms with Crippen LogP contribution in [-0.4, -0.2) is 25.2 Å². The molecule has 0 aliphatic heterocycles. The summed E-state index contributed by atoms with van der Waals surface area (Å²) in [7, 11) is 0. The number of para-hydroxylation sites is 1. The van der Waals surface area contributed by atoms with Gasteiger partial charge in [-0.1, -0.05) is 22.7 Å². The first-order valence-corrected chi connectivity index (χ1v) is 7.07. The lowest BCUT2D eigenvalue weighted by Crippen LogP contribution is -2.20. The van der Waals surface area contributed by atoms with E-state index in [9.17, 15) is 9.59 Å². The lowest BCUT2D eigenvalue weighted by atomic mass is 10.1. The maximum Gasteiger partial charge on any atom is 0.282 e. The number of aryl methyl sites for hydroxylation is 2. The Balaban J connectivity index is 2.14. The summed E-state index contributed by atoms with van der Waals surface area (Å²) in [4.78, 5) is 25.4. The van der Waals surface area contributed by atoms with Gasteiger partial charge in [-0.15, -0.1) is 5.10 Å². The second-order valence-corrected chi connectivity index (χ2v) is 5.36. The van der Waals surface area contributed by atoms with E-state index in [0.717, 1.165) is 11.5 Å². The third-order valence-electron chi connectivity index (χ3n) is 3.17. The summed E-state index contributed by atoms with van der Waals surface area (Å²) >= 11 is 1.00. The molecule has 2 aromatic heterocycles. The first-order chi connectivity index (χ1) is 10.1. The zero-order valence-electron chi connectivity index (χ0n) is 11.5. The normalized spacial score (nSPS) is 10.8. The lowest BCUT2D eigenvalue weighted by molar-refractivity contribution is 0.104. The predicted molar refractivity (Wildman–Crippen MR) is 79.2 cm³/mol. The monoisotopic (exact) mass is 300 g/mol. The first-order valence-electron chi connectivity index (χ1n) is 6.30. The quantitative estimate of drug-likeness (QED) is 0.749. The van der Waals surface area contributed by atoms with E-state index >= 15 is 0 Å². The van der Waals surface area contributed by atoms with E-state index in [1.54, 1.807) is 26.0 Å². The molecule has 2 heterocycles. The third kappa shape index (κ3) is 2.21. The average Bonchev–Trinajstić information content (AvgIpc) is 3.03. The molecule has 0 aliphatic carbocycles. The molecular weight excluding hydrogens is 288 g/mol. The van der Waals surface area contributed by atoms with Crippen LogP contribution in [0.25, 0.3) is 5.69 Å². The summed E-state index contributed by atoms with van der Waals surface area (Å²) in [5, 5.41) is 6.75. The highest BCUT2D eigenvalue weighted by atomic mass is 32.1. The number of carbonyl (C=O) groups is 1. The van der Waals surface area contributed by atoms with Crippen molar-refractivity contribution in [1.82, 2.24) is 19.4 Å². The van der Waals surface area contributed by atoms with Gasteiger partial charge >= 0.3 is 0 Å². The van der Waals surface area contributed by atoms with Crippen LogP contribution in [-0.2, 0) is 0 Å². The van der Waals surface area contributed by atoms with Gasteiger partial charge in [0.15, 0.2) is 0 Å². The molecule has 0 bridgehead atoms. The number of nitrogens with one attached hydrogen (secondary N) is 1. The minimum Gasteiger partial charge on any atom is -0.295 e. The number of ketones is 1. The molecule has 3 aromatic rings. The maximum atomic E-state index is 12.5. The minimum atomic E-state index is -0.364. The molecule has 0 atom stereocenters. The highest BCUT2D eigenvalue weighted by Crippen LogP contribution is 2.16. The summed E-state index contributed by atoms with van der Waals surface area (Å²) in [5.74, 6) is -0.337. The van der Waals surface area contributed by atoms with Crippen molar-refractivity contribution in [3.8, 4) is 5.69 Å². The van der Waals surface area contributed by atoms with Crippen LogP contribution in [0, 0.1) is 13.8 Å². The number of H-pyrrole nitrogens is 1. The number of benzene rings is 1. The molecule has 3 rings (SSSR count). The Bertz CT molecular complexity index is 861. The van der Waals surface area contributed by atoms with Gasteiger partial charge in [-0.25, -0.2) is 4.68 Å². The Hall–Kier alpha value is -2.54. The Kier molecular flexibility index (Phi) is 3.26. The topological polar surface area (TPSA) is 80.6 Å². The maximum absolute atomic E-state index is 12.5. The molecular formula is C14H12N4O2S. The van der Waals surface area contributed by atoms with E-state index in [0.29, 0.717) is 22.0 Å². The van der Waals surface area contributed by atoms with Crippen molar-refractivity contribution >= 4 is 17.3 Å². The van der Waals surface area contributed by atoms with Crippen LogP contribution in [0.2, 0.25) is 0 Å². The lowest BCUT2D eigenvalue weighted by Gasteiger charge is -1.99. The van der Waals surface area contributed by atoms with Crippen LogP contribution in [0.5, 0.6) is 0 Å². The fraction of sp³-hybridized carbons (Fsp3) is 0.143. The number of carbonyl (C=O) groups excluding carboxylic acids is 1. The van der Waals surface area contributed by atoms with Crippen molar-refractivity contribution in [1.29, 1.82) is 0 Å². The molecule has 0 aliphatic rings. The van der Waals surface area contributed by atoms with Crippen molar-refractivity contribution in [2.45, 2.75) is 13.8 Å². The average molecular weight is 300 g/mol. The fourth-order valence-corrected chi connectivity index (χ4v) is 2.73. The third-order valence-corrected chi connectivity index (χ3v) is 4.00. The fourth-order valence-electron chi connectivity index (χ4n) is 2.13. The summed E-state index contributed by atoms with van der Waals surface area (Å²) in [6.07, 6.45) is 0. The van der Waals surface area contributed by atoms with E-state index < -0.39 is 0 Å². The number of hydrogen-bond acceptors (Lipinski definition) is 5. The van der Waals surface area contributed by atoms with Gasteiger partial charge < -0.3 is 0 Å². The van der Waals surface area contributed by atoms with Crippen LogP contribution in [0.3, 0.4) is 0 Å². The van der Waals surface area contributed by atoms with Crippen LogP contribution in [0.4, 0.5) is 0 Å². The van der Waals surface area contributed by atoms with Gasteiger partial charge in [0.25, 0.3) is 5.56 Å². The molecule has 0 saturated carbocycles. The Morgan fingerprint density at radius 1 is 1.24 bits per heavy atom. The van der Waals surface area contributed by atoms with Gasteiger partial charge in [0, 0.05) is 5.69 Å². The standard InChI is InChI=1S/C14H12N4O2S/c1-8-11(12(19)13-9(2)15-17-21-13)14(20)18(16-8)10-6-4-3-5-7-10/h3-7,16H,1-2H3. The van der Waals surface area contributed by atoms with Crippen LogP contribution in [0.15, 0.2) is 35.1 Å². The van der Waals surface area contributed by atoms with Gasteiger partial charge in [0.1, 0.15) is 10.4 Å². The van der Waals surface area contributed by atoms with Crippen LogP contribution in [0.1, 0.15) is 26.6 Å². The zero-order valence-corrected chi connectivity index (χ0v) is 12.3. The minimum absolute atomic E-state index is 0.132. The molecule has 0 spiro atoms. The Morgan fingerprint density at radius 2 is 1.95 bits per heavy atom. The highest BCUT2D eigenvalue weighted by molar-refractivity contribution is 7.08. The molecule has 6 nitrogen and oxygen atoms in total. The van der Waals surface area contributed by atoms with E-state index in [1.807, 2.05) is 18.2 Å². The van der Waals surface area contributed by atoms with Crippen molar-refractivity contribution in [2.75, 3.05) is 0 Å². The number of aromatic nitrogens is 4. The van der Waals surface area contributed by atoms with Gasteiger partial charge in [-0.2, -0.15) is 0 Å². The molecule has 0 amide bonds. The Labute approximate surface area is 124 Å². The second-order valence-electron chi connectivity index (χ2n) is 4.60. The Morgan fingerprint density at radius 3 is 2.57 bits per heavy atom. The highest BCUT2D eigenvalue weighted by Gasteiger charge is 2.24. The van der Waals surface area contributed by atoms with Crippen molar-refractivity contribution in [3.05, 3.63) is 62.5 Å². The number of hydrogen-bond donors (Lipinski definition) is 1. The van der Waals surface area contributed by atoms with Gasteiger partial charge in [0.2, 0.25) is 5.78 Å². The molecule has 1 N–H and O–H groups in total. The molecule has 7 heteroatoms. The van der Waals surface area contributed by atoms with E-state index in [4.69, 9.17) is 0 Å². The van der Waals surface area contributed by atoms with Crippen molar-refractivity contribution in [2.24, 2.45) is 0 Å². The summed E-state index contributed by atoms with van der Waals surface area (Å²) in [6, 6.07) is 9.12. The molecule has 106 valence electrons. The summed E-state index contributed by atoms with van der Waals surface area (Å²) in [5.41, 5.74) is 1.52. The zero-order chi connectivity index (χ0) is 15.0. The van der Waals surface area contributed by atoms with Crippen LogP contribution < -0.4 is 5.56 Å². The molecule has 0 saturated heterocycles. The van der Waals surface area contributed by atoms with Gasteiger partial charge in [-0.3, -0.25) is 14.7 Å². The molecule has 0 radical (unpaired) electrons. The molecule has 1 aromatic carbocycles. The van der Waals surface area contributed by atoms with Crippen molar-refractivity contribution < 1.29 is 4.79 Å². The van der Waals surface area contributed by atoms with E-state index in [-0.39, 0.29) is 16.9 Å². The van der Waals surface area contributed by atoms with Crippen LogP contribution >= 0.6 is 11.5 Å². The second kappa shape index (κ2) is 5.10. The number of rotatable bonds is 3. The van der Waals surface area contributed by atoms with Gasteiger partial charge in [0.05, 0.1) is 11.4 Å². The predicted octanol–water partition coefficient (Wildman–Crippen LogP) is 1.86.